The van der Waals surface area contributed by atoms with Crippen LogP contribution >= 0.6 is 0 Å². The Bertz CT molecular complexity index is 2320. The first kappa shape index (κ1) is 32.3. The molecule has 4 aromatic heterocycles. The number of para-hydroxylation sites is 1. The average Bonchev–Trinajstić information content (AvgIpc) is 3.54. The first-order valence-corrected chi connectivity index (χ1v) is 17.7. The van der Waals surface area contributed by atoms with Crippen LogP contribution in [0.15, 0.2) is 67.1 Å². The van der Waals surface area contributed by atoms with Crippen molar-refractivity contribution in [2.75, 3.05) is 31.6 Å². The largest absolute Gasteiger partial charge is 0.488 e. The normalized spacial score (nSPS) is 20.6. The third-order valence-corrected chi connectivity index (χ3v) is 10.0. The number of aryl methyl sites for hydroxylation is 1. The third-order valence-electron chi connectivity index (χ3n) is 10.0. The fourth-order valence-corrected chi connectivity index (χ4v) is 7.50. The van der Waals surface area contributed by atoms with Gasteiger partial charge in [0.05, 0.1) is 53.6 Å². The standard InChI is InChI=1S/C38H38FN9O4/c1-4-50-26-18-45(3)38(49)32-16-25(52-34-10-6-8-29(44-34)27-7-5-9-30-35(27)46(20-26)22(2)43-30)19-47(32)36-28-17-42-48(37(28)41-21-40-36)31-14-11-23(39)15-33(31)51-24-12-13-24/h5-11,14-15,17,21,24-26,32H,4,12-13,16,18-20H2,1-3H3/t25-,26+,32-/m0/s1. The molecule has 4 bridgehead atoms. The number of anilines is 1. The Morgan fingerprint density at radius 3 is 2.71 bits per heavy atom. The zero-order chi connectivity index (χ0) is 35.5. The molecular formula is C38H38FN9O4. The second-order valence-electron chi connectivity index (χ2n) is 13.7. The van der Waals surface area contributed by atoms with E-state index in [1.807, 2.05) is 56.1 Å². The van der Waals surface area contributed by atoms with E-state index in [1.165, 1.54) is 18.5 Å². The van der Waals surface area contributed by atoms with Crippen LogP contribution in [0, 0.1) is 12.7 Å². The molecule has 1 saturated carbocycles. The lowest BCUT2D eigenvalue weighted by Crippen LogP contribution is -2.47. The van der Waals surface area contributed by atoms with Crippen LogP contribution in [0.3, 0.4) is 0 Å². The molecule has 0 radical (unpaired) electrons. The molecule has 2 aliphatic heterocycles. The quantitative estimate of drug-likeness (QED) is 0.231. The fraction of sp³-hybridized carbons (Fsp3) is 0.368. The first-order chi connectivity index (χ1) is 25.3. The number of aromatic nitrogens is 7. The Morgan fingerprint density at radius 2 is 1.87 bits per heavy atom. The number of ether oxygens (including phenoxy) is 3. The summed E-state index contributed by atoms with van der Waals surface area (Å²) in [5.41, 5.74) is 4.62. The van der Waals surface area contributed by atoms with Crippen molar-refractivity contribution in [1.82, 2.24) is 39.2 Å². The van der Waals surface area contributed by atoms with E-state index < -0.39 is 11.9 Å². The van der Waals surface area contributed by atoms with Gasteiger partial charge in [0.15, 0.2) is 5.65 Å². The number of hydrogen-bond acceptors (Lipinski definition) is 10. The summed E-state index contributed by atoms with van der Waals surface area (Å²) in [6.45, 7) is 5.67. The SMILES string of the molecule is CCO[C@@H]1CN(C)C(=O)[C@@H]2C[C@@H](CN2c2ncnc3c2cnn3-c2ccc(F)cc2OC2CC2)Oc2cccc(n2)-c2cccc3nc(C)n(c23)C1. The summed E-state index contributed by atoms with van der Waals surface area (Å²) >= 11 is 0. The number of carbonyl (C=O) groups excluding carboxylic acids is 1. The molecule has 0 unspecified atom stereocenters. The molecule has 3 atom stereocenters. The summed E-state index contributed by atoms with van der Waals surface area (Å²) in [5, 5.41) is 5.31. The number of carbonyl (C=O) groups is 1. The van der Waals surface area contributed by atoms with Crippen molar-refractivity contribution >= 4 is 33.8 Å². The van der Waals surface area contributed by atoms with Crippen molar-refractivity contribution in [3.05, 3.63) is 78.8 Å². The van der Waals surface area contributed by atoms with Crippen LogP contribution in [0.2, 0.25) is 0 Å². The van der Waals surface area contributed by atoms with Crippen molar-refractivity contribution in [3.63, 3.8) is 0 Å². The van der Waals surface area contributed by atoms with Crippen molar-refractivity contribution in [2.24, 2.45) is 0 Å². The molecular weight excluding hydrogens is 665 g/mol. The van der Waals surface area contributed by atoms with E-state index >= 15 is 0 Å². The van der Waals surface area contributed by atoms with E-state index in [0.717, 1.165) is 41.0 Å². The van der Waals surface area contributed by atoms with Crippen LogP contribution in [-0.4, -0.2) is 96.2 Å². The number of hydrogen-bond donors (Lipinski definition) is 0. The zero-order valence-corrected chi connectivity index (χ0v) is 29.1. The Balaban J connectivity index is 1.12. The first-order valence-electron chi connectivity index (χ1n) is 17.7. The number of halogens is 1. The lowest BCUT2D eigenvalue weighted by Gasteiger charge is -2.31. The summed E-state index contributed by atoms with van der Waals surface area (Å²) < 4.78 is 37.0. The molecule has 3 aliphatic rings. The molecule has 2 aromatic carbocycles. The van der Waals surface area contributed by atoms with E-state index in [1.54, 1.807) is 21.8 Å². The van der Waals surface area contributed by atoms with E-state index in [-0.39, 0.29) is 24.2 Å². The molecule has 2 fully saturated rings. The molecule has 13 nitrogen and oxygen atoms in total. The van der Waals surface area contributed by atoms with Gasteiger partial charge in [-0.05, 0) is 51.0 Å². The van der Waals surface area contributed by atoms with Gasteiger partial charge < -0.3 is 28.6 Å². The maximum atomic E-state index is 14.5. The number of benzene rings is 2. The van der Waals surface area contributed by atoms with Gasteiger partial charge in [0, 0.05) is 44.3 Å². The van der Waals surface area contributed by atoms with Gasteiger partial charge in [-0.25, -0.2) is 29.0 Å². The molecule has 6 heterocycles. The maximum Gasteiger partial charge on any atom is 0.245 e. The van der Waals surface area contributed by atoms with Crippen LogP contribution in [0.4, 0.5) is 10.2 Å². The minimum absolute atomic E-state index is 0.0594. The zero-order valence-electron chi connectivity index (χ0n) is 29.1. The molecule has 266 valence electrons. The molecule has 1 saturated heterocycles. The molecule has 1 aliphatic carbocycles. The minimum atomic E-state index is -0.606. The van der Waals surface area contributed by atoms with Crippen molar-refractivity contribution < 1.29 is 23.4 Å². The van der Waals surface area contributed by atoms with Crippen LogP contribution in [-0.2, 0) is 16.1 Å². The number of fused-ring (bicyclic) bond motifs is 6. The van der Waals surface area contributed by atoms with Crippen LogP contribution in [0.25, 0.3) is 39.0 Å². The summed E-state index contributed by atoms with van der Waals surface area (Å²) in [6, 6.07) is 15.6. The number of amides is 1. The Morgan fingerprint density at radius 1 is 1.00 bits per heavy atom. The number of likely N-dealkylation sites (N-methyl/N-ethyl adjacent to an activating group) is 1. The molecule has 6 aromatic rings. The van der Waals surface area contributed by atoms with Crippen LogP contribution in [0.5, 0.6) is 11.6 Å². The number of pyridine rings is 1. The molecule has 52 heavy (non-hydrogen) atoms. The van der Waals surface area contributed by atoms with Crippen molar-refractivity contribution in [3.8, 4) is 28.6 Å². The van der Waals surface area contributed by atoms with Gasteiger partial charge in [-0.15, -0.1) is 0 Å². The lowest BCUT2D eigenvalue weighted by atomic mass is 10.1. The van der Waals surface area contributed by atoms with Crippen LogP contribution < -0.4 is 14.4 Å². The van der Waals surface area contributed by atoms with Gasteiger partial charge in [0.25, 0.3) is 0 Å². The maximum absolute atomic E-state index is 14.5. The fourth-order valence-electron chi connectivity index (χ4n) is 7.50. The number of rotatable bonds is 6. The second kappa shape index (κ2) is 12.9. The van der Waals surface area contributed by atoms with Gasteiger partial charge in [-0.1, -0.05) is 18.2 Å². The van der Waals surface area contributed by atoms with E-state index in [4.69, 9.17) is 29.2 Å². The predicted molar refractivity (Wildman–Crippen MR) is 191 cm³/mol. The topological polar surface area (TPSA) is 126 Å². The Kier molecular flexibility index (Phi) is 7.98. The minimum Gasteiger partial charge on any atom is -0.488 e. The molecule has 0 N–H and O–H groups in total. The summed E-state index contributed by atoms with van der Waals surface area (Å²) in [6.07, 6.45) is 4.79. The Hall–Kier alpha value is -5.63. The highest BCUT2D eigenvalue weighted by Gasteiger charge is 2.42. The number of imidazole rings is 1. The highest BCUT2D eigenvalue weighted by molar-refractivity contribution is 5.93. The molecule has 0 spiro atoms. The summed E-state index contributed by atoms with van der Waals surface area (Å²) in [4.78, 5) is 37.4. The molecule has 9 rings (SSSR count). The van der Waals surface area contributed by atoms with Gasteiger partial charge in [-0.2, -0.15) is 5.10 Å². The van der Waals surface area contributed by atoms with E-state index in [9.17, 15) is 9.18 Å². The van der Waals surface area contributed by atoms with Crippen molar-refractivity contribution in [1.29, 1.82) is 0 Å². The van der Waals surface area contributed by atoms with Crippen LogP contribution in [0.1, 0.15) is 32.0 Å². The van der Waals surface area contributed by atoms with Crippen molar-refractivity contribution in [2.45, 2.75) is 64.0 Å². The third kappa shape index (κ3) is 5.76. The van der Waals surface area contributed by atoms with Gasteiger partial charge >= 0.3 is 0 Å². The lowest BCUT2D eigenvalue weighted by molar-refractivity contribution is -0.133. The summed E-state index contributed by atoms with van der Waals surface area (Å²) in [7, 11) is 1.82. The highest BCUT2D eigenvalue weighted by atomic mass is 19.1. The Labute approximate surface area is 299 Å². The average molecular weight is 704 g/mol. The van der Waals surface area contributed by atoms with Gasteiger partial charge in [0.1, 0.15) is 47.4 Å². The van der Waals surface area contributed by atoms with Gasteiger partial charge in [-0.3, -0.25) is 4.79 Å². The van der Waals surface area contributed by atoms with E-state index in [2.05, 4.69) is 20.7 Å². The second-order valence-corrected chi connectivity index (χ2v) is 13.7. The van der Waals surface area contributed by atoms with E-state index in [0.29, 0.717) is 66.8 Å². The molecule has 14 heteroatoms. The molecule has 1 amide bonds. The summed E-state index contributed by atoms with van der Waals surface area (Å²) in [5.74, 6) is 1.79. The number of nitrogens with zero attached hydrogens (tertiary/aromatic N) is 9. The smallest absolute Gasteiger partial charge is 0.245 e. The monoisotopic (exact) mass is 703 g/mol. The highest BCUT2D eigenvalue weighted by Crippen LogP contribution is 2.37. The predicted octanol–water partition coefficient (Wildman–Crippen LogP) is 5.12. The van der Waals surface area contributed by atoms with Gasteiger partial charge in [0.2, 0.25) is 11.8 Å².